The smallest absolute Gasteiger partial charge is 0.255 e. The predicted molar refractivity (Wildman–Crippen MR) is 98.1 cm³/mol. The summed E-state index contributed by atoms with van der Waals surface area (Å²) in [6.45, 7) is 2.70. The van der Waals surface area contributed by atoms with Gasteiger partial charge in [-0.1, -0.05) is 36.5 Å². The first-order valence-corrected chi connectivity index (χ1v) is 8.41. The summed E-state index contributed by atoms with van der Waals surface area (Å²) < 4.78 is 0. The van der Waals surface area contributed by atoms with Gasteiger partial charge in [0.2, 0.25) is 0 Å². The normalized spacial score (nSPS) is 10.3. The maximum absolute atomic E-state index is 12.3. The number of carbonyl (C=O) groups is 2. The lowest BCUT2D eigenvalue weighted by Gasteiger charge is -2.09. The standard InChI is InChI=1S/C18H18Cl2N2O2/c1-2-3-10-21-17(23)12-4-6-13(7-5-12)18(24)22-16-11-14(19)8-9-15(16)20/h4-9,11H,2-3,10H2,1H3,(H,21,23)(H,22,24). The van der Waals surface area contributed by atoms with E-state index in [1.165, 1.54) is 0 Å². The highest BCUT2D eigenvalue weighted by Crippen LogP contribution is 2.25. The van der Waals surface area contributed by atoms with Gasteiger partial charge in [0, 0.05) is 22.7 Å². The molecule has 2 rings (SSSR count). The molecular weight excluding hydrogens is 347 g/mol. The molecule has 2 amide bonds. The molecule has 2 aromatic carbocycles. The first-order valence-electron chi connectivity index (χ1n) is 7.66. The quantitative estimate of drug-likeness (QED) is 0.724. The van der Waals surface area contributed by atoms with E-state index < -0.39 is 0 Å². The number of unbranched alkanes of at least 4 members (excludes halogenated alkanes) is 1. The van der Waals surface area contributed by atoms with Gasteiger partial charge in [0.15, 0.2) is 0 Å². The van der Waals surface area contributed by atoms with Crippen molar-refractivity contribution in [3.8, 4) is 0 Å². The monoisotopic (exact) mass is 364 g/mol. The third-order valence-corrected chi connectivity index (χ3v) is 3.97. The van der Waals surface area contributed by atoms with Crippen LogP contribution in [0.15, 0.2) is 42.5 Å². The molecule has 0 spiro atoms. The Balaban J connectivity index is 2.03. The van der Waals surface area contributed by atoms with Crippen molar-refractivity contribution < 1.29 is 9.59 Å². The zero-order chi connectivity index (χ0) is 17.5. The lowest BCUT2D eigenvalue weighted by molar-refractivity contribution is 0.0951. The van der Waals surface area contributed by atoms with Crippen molar-refractivity contribution in [3.63, 3.8) is 0 Å². The number of hydrogen-bond donors (Lipinski definition) is 2. The van der Waals surface area contributed by atoms with E-state index >= 15 is 0 Å². The lowest BCUT2D eigenvalue weighted by Crippen LogP contribution is -2.24. The first-order chi connectivity index (χ1) is 11.5. The molecule has 0 saturated carbocycles. The van der Waals surface area contributed by atoms with E-state index in [4.69, 9.17) is 23.2 Å². The van der Waals surface area contributed by atoms with Crippen LogP contribution in [-0.2, 0) is 0 Å². The largest absolute Gasteiger partial charge is 0.352 e. The van der Waals surface area contributed by atoms with Crippen molar-refractivity contribution in [3.05, 3.63) is 63.6 Å². The van der Waals surface area contributed by atoms with E-state index in [1.54, 1.807) is 42.5 Å². The Kier molecular flexibility index (Phi) is 6.64. The summed E-state index contributed by atoms with van der Waals surface area (Å²) >= 11 is 11.9. The number of rotatable bonds is 6. The summed E-state index contributed by atoms with van der Waals surface area (Å²) in [5.74, 6) is -0.467. The molecule has 4 nitrogen and oxygen atoms in total. The van der Waals surface area contributed by atoms with Crippen LogP contribution < -0.4 is 10.6 Å². The Morgan fingerprint density at radius 1 is 0.958 bits per heavy atom. The zero-order valence-corrected chi connectivity index (χ0v) is 14.7. The van der Waals surface area contributed by atoms with E-state index in [1.807, 2.05) is 0 Å². The van der Waals surface area contributed by atoms with Gasteiger partial charge in [-0.3, -0.25) is 9.59 Å². The summed E-state index contributed by atoms with van der Waals surface area (Å²) in [4.78, 5) is 24.2. The topological polar surface area (TPSA) is 58.2 Å². The SMILES string of the molecule is CCCCNC(=O)c1ccc(C(=O)Nc2cc(Cl)ccc2Cl)cc1. The Bertz CT molecular complexity index is 730. The summed E-state index contributed by atoms with van der Waals surface area (Å²) in [6, 6.07) is 11.3. The fourth-order valence-corrected chi connectivity index (χ4v) is 2.38. The van der Waals surface area contributed by atoms with Crippen LogP contribution in [0.3, 0.4) is 0 Å². The molecule has 0 aromatic heterocycles. The van der Waals surface area contributed by atoms with Crippen molar-refractivity contribution >= 4 is 40.7 Å². The van der Waals surface area contributed by atoms with Gasteiger partial charge in [0.05, 0.1) is 10.7 Å². The third kappa shape index (κ3) is 4.98. The van der Waals surface area contributed by atoms with Gasteiger partial charge in [-0.25, -0.2) is 0 Å². The molecule has 0 atom stereocenters. The Hall–Kier alpha value is -2.04. The zero-order valence-electron chi connectivity index (χ0n) is 13.2. The molecule has 0 fully saturated rings. The van der Waals surface area contributed by atoms with E-state index in [-0.39, 0.29) is 11.8 Å². The van der Waals surface area contributed by atoms with Crippen LogP contribution in [-0.4, -0.2) is 18.4 Å². The lowest BCUT2D eigenvalue weighted by atomic mass is 10.1. The van der Waals surface area contributed by atoms with Crippen LogP contribution in [0.5, 0.6) is 0 Å². The van der Waals surface area contributed by atoms with Crippen LogP contribution in [0.4, 0.5) is 5.69 Å². The van der Waals surface area contributed by atoms with Crippen molar-refractivity contribution in [2.45, 2.75) is 19.8 Å². The minimum Gasteiger partial charge on any atom is -0.352 e. The molecule has 0 aliphatic heterocycles. The minimum absolute atomic E-state index is 0.145. The number of amides is 2. The first kappa shape index (κ1) is 18.3. The average Bonchev–Trinajstić information content (AvgIpc) is 2.58. The maximum Gasteiger partial charge on any atom is 0.255 e. The fourth-order valence-electron chi connectivity index (χ4n) is 2.04. The highest BCUT2D eigenvalue weighted by molar-refractivity contribution is 6.35. The van der Waals surface area contributed by atoms with Gasteiger partial charge in [-0.2, -0.15) is 0 Å². The molecule has 24 heavy (non-hydrogen) atoms. The number of nitrogens with one attached hydrogen (secondary N) is 2. The molecule has 2 N–H and O–H groups in total. The Labute approximate surface area is 151 Å². The van der Waals surface area contributed by atoms with E-state index in [0.717, 1.165) is 12.8 Å². The van der Waals surface area contributed by atoms with Gasteiger partial charge in [0.25, 0.3) is 11.8 Å². The second kappa shape index (κ2) is 8.71. The van der Waals surface area contributed by atoms with Gasteiger partial charge in [0.1, 0.15) is 0 Å². The molecule has 0 unspecified atom stereocenters. The maximum atomic E-state index is 12.3. The van der Waals surface area contributed by atoms with E-state index in [0.29, 0.717) is 33.4 Å². The molecule has 0 bridgehead atoms. The molecule has 0 saturated heterocycles. The number of anilines is 1. The van der Waals surface area contributed by atoms with Crippen LogP contribution in [0.2, 0.25) is 10.0 Å². The molecule has 6 heteroatoms. The van der Waals surface area contributed by atoms with Crippen LogP contribution in [0, 0.1) is 0 Å². The molecular formula is C18H18Cl2N2O2. The summed E-state index contributed by atoms with van der Waals surface area (Å²) in [5.41, 5.74) is 1.38. The van der Waals surface area contributed by atoms with Gasteiger partial charge in [-0.05, 0) is 48.9 Å². The van der Waals surface area contributed by atoms with Gasteiger partial charge >= 0.3 is 0 Å². The molecule has 0 radical (unpaired) electrons. The minimum atomic E-state index is -0.322. The summed E-state index contributed by atoms with van der Waals surface area (Å²) in [5, 5.41) is 6.42. The Morgan fingerprint density at radius 2 is 1.58 bits per heavy atom. The molecule has 126 valence electrons. The van der Waals surface area contributed by atoms with E-state index in [9.17, 15) is 9.59 Å². The van der Waals surface area contributed by atoms with Crippen molar-refractivity contribution in [2.75, 3.05) is 11.9 Å². The Morgan fingerprint density at radius 3 is 2.21 bits per heavy atom. The molecule has 0 aliphatic rings. The summed E-state index contributed by atoms with van der Waals surface area (Å²) in [7, 11) is 0. The van der Waals surface area contributed by atoms with E-state index in [2.05, 4.69) is 17.6 Å². The van der Waals surface area contributed by atoms with Gasteiger partial charge < -0.3 is 10.6 Å². The van der Waals surface area contributed by atoms with Crippen molar-refractivity contribution in [1.29, 1.82) is 0 Å². The number of benzene rings is 2. The highest BCUT2D eigenvalue weighted by atomic mass is 35.5. The van der Waals surface area contributed by atoms with Crippen LogP contribution >= 0.6 is 23.2 Å². The average molecular weight is 365 g/mol. The molecule has 0 heterocycles. The predicted octanol–water partition coefficient (Wildman–Crippen LogP) is 4.78. The fraction of sp³-hybridized carbons (Fsp3) is 0.222. The number of carbonyl (C=O) groups excluding carboxylic acids is 2. The van der Waals surface area contributed by atoms with Crippen molar-refractivity contribution in [1.82, 2.24) is 5.32 Å². The highest BCUT2D eigenvalue weighted by Gasteiger charge is 2.11. The number of halogens is 2. The molecule has 0 aliphatic carbocycles. The second-order valence-electron chi connectivity index (χ2n) is 5.27. The second-order valence-corrected chi connectivity index (χ2v) is 6.11. The molecule has 2 aromatic rings. The number of hydrogen-bond acceptors (Lipinski definition) is 2. The van der Waals surface area contributed by atoms with Gasteiger partial charge in [-0.15, -0.1) is 0 Å². The van der Waals surface area contributed by atoms with Crippen LogP contribution in [0.1, 0.15) is 40.5 Å². The summed E-state index contributed by atoms with van der Waals surface area (Å²) in [6.07, 6.45) is 1.96. The van der Waals surface area contributed by atoms with Crippen LogP contribution in [0.25, 0.3) is 0 Å². The van der Waals surface area contributed by atoms with Crippen molar-refractivity contribution in [2.24, 2.45) is 0 Å². The third-order valence-electron chi connectivity index (χ3n) is 3.40.